The lowest BCUT2D eigenvalue weighted by Crippen LogP contribution is -2.40. The van der Waals surface area contributed by atoms with Gasteiger partial charge < -0.3 is 15.3 Å². The first-order valence-corrected chi connectivity index (χ1v) is 7.02. The number of benzene rings is 1. The van der Waals surface area contributed by atoms with E-state index in [0.29, 0.717) is 38.2 Å². The van der Waals surface area contributed by atoms with Crippen molar-refractivity contribution in [3.05, 3.63) is 33.9 Å². The van der Waals surface area contributed by atoms with Crippen LogP contribution in [0.5, 0.6) is 0 Å². The Labute approximate surface area is 122 Å². The van der Waals surface area contributed by atoms with Gasteiger partial charge in [-0.1, -0.05) is 0 Å². The van der Waals surface area contributed by atoms with Crippen LogP contribution in [-0.4, -0.2) is 46.6 Å². The molecule has 0 saturated carbocycles. The lowest BCUT2D eigenvalue weighted by molar-refractivity contribution is -0.385. The summed E-state index contributed by atoms with van der Waals surface area (Å²) in [5, 5.41) is 23.6. The van der Waals surface area contributed by atoms with Crippen LogP contribution in [-0.2, 0) is 0 Å². The number of hydrogen-bond donors (Lipinski definition) is 2. The van der Waals surface area contributed by atoms with Gasteiger partial charge in [0.2, 0.25) is 0 Å². The molecule has 1 aliphatic rings. The third-order valence-electron chi connectivity index (χ3n) is 3.56. The van der Waals surface area contributed by atoms with Crippen molar-refractivity contribution < 1.29 is 14.8 Å². The summed E-state index contributed by atoms with van der Waals surface area (Å²) in [6.07, 6.45) is 0.621. The monoisotopic (exact) mass is 293 g/mol. The molecule has 1 amide bonds. The molecule has 0 unspecified atom stereocenters. The van der Waals surface area contributed by atoms with Gasteiger partial charge in [0.25, 0.3) is 11.6 Å². The fourth-order valence-corrected chi connectivity index (χ4v) is 2.42. The van der Waals surface area contributed by atoms with Crippen molar-refractivity contribution in [1.29, 1.82) is 0 Å². The molecule has 1 aromatic rings. The highest BCUT2D eigenvalue weighted by Crippen LogP contribution is 2.25. The predicted molar refractivity (Wildman–Crippen MR) is 78.4 cm³/mol. The first-order chi connectivity index (χ1) is 10.0. The standard InChI is InChI=1S/C14H19N3O4/c1-2-15-10-3-4-13(17(20)21)12(9-10)14(19)16-7-5-11(18)6-8-16/h3-4,9,11,15,18H,2,5-8H2,1H3. The van der Waals surface area contributed by atoms with Crippen LogP contribution in [0.1, 0.15) is 30.1 Å². The maximum atomic E-state index is 12.5. The first kappa shape index (κ1) is 15.2. The third kappa shape index (κ3) is 3.49. The SMILES string of the molecule is CCNc1ccc([N+](=O)[O-])c(C(=O)N2CCC(O)CC2)c1. The van der Waals surface area contributed by atoms with Crippen LogP contribution in [0.4, 0.5) is 11.4 Å². The molecule has 1 aromatic carbocycles. The molecule has 114 valence electrons. The van der Waals surface area contributed by atoms with Crippen LogP contribution in [0, 0.1) is 10.1 Å². The van der Waals surface area contributed by atoms with E-state index in [9.17, 15) is 20.0 Å². The smallest absolute Gasteiger partial charge is 0.282 e. The number of nitrogens with zero attached hydrogens (tertiary/aromatic N) is 2. The summed E-state index contributed by atoms with van der Waals surface area (Å²) in [7, 11) is 0. The van der Waals surface area contributed by atoms with Crippen LogP contribution in [0.15, 0.2) is 18.2 Å². The molecule has 0 bridgehead atoms. The van der Waals surface area contributed by atoms with Crippen molar-refractivity contribution in [3.8, 4) is 0 Å². The summed E-state index contributed by atoms with van der Waals surface area (Å²) >= 11 is 0. The molecule has 1 fully saturated rings. The van der Waals surface area contributed by atoms with Crippen molar-refractivity contribution in [2.75, 3.05) is 25.0 Å². The Morgan fingerprint density at radius 3 is 2.71 bits per heavy atom. The van der Waals surface area contributed by atoms with E-state index in [1.807, 2.05) is 6.92 Å². The van der Waals surface area contributed by atoms with E-state index in [4.69, 9.17) is 0 Å². The zero-order chi connectivity index (χ0) is 15.4. The zero-order valence-electron chi connectivity index (χ0n) is 11.9. The number of hydrogen-bond acceptors (Lipinski definition) is 5. The average molecular weight is 293 g/mol. The number of nitrogens with one attached hydrogen (secondary N) is 1. The minimum atomic E-state index is -0.540. The van der Waals surface area contributed by atoms with Crippen LogP contribution in [0.25, 0.3) is 0 Å². The highest BCUT2D eigenvalue weighted by atomic mass is 16.6. The second-order valence-electron chi connectivity index (χ2n) is 5.04. The van der Waals surface area contributed by atoms with Gasteiger partial charge in [-0.05, 0) is 31.9 Å². The molecule has 1 saturated heterocycles. The number of aliphatic hydroxyl groups excluding tert-OH is 1. The average Bonchev–Trinajstić information content (AvgIpc) is 2.47. The summed E-state index contributed by atoms with van der Waals surface area (Å²) in [4.78, 5) is 24.6. The number of piperidine rings is 1. The Kier molecular flexibility index (Phi) is 4.74. The Hall–Kier alpha value is -2.15. The van der Waals surface area contributed by atoms with Crippen LogP contribution < -0.4 is 5.32 Å². The van der Waals surface area contributed by atoms with Gasteiger partial charge in [0, 0.05) is 31.4 Å². The molecule has 21 heavy (non-hydrogen) atoms. The highest BCUT2D eigenvalue weighted by Gasteiger charge is 2.27. The van der Waals surface area contributed by atoms with Crippen molar-refractivity contribution in [1.82, 2.24) is 4.90 Å². The van der Waals surface area contributed by atoms with Gasteiger partial charge in [-0.3, -0.25) is 14.9 Å². The highest BCUT2D eigenvalue weighted by molar-refractivity contribution is 5.99. The minimum Gasteiger partial charge on any atom is -0.393 e. The van der Waals surface area contributed by atoms with Crippen LogP contribution in [0.2, 0.25) is 0 Å². The summed E-state index contributed by atoms with van der Waals surface area (Å²) in [5.41, 5.74) is 0.589. The number of carbonyl (C=O) groups is 1. The van der Waals surface area contributed by atoms with E-state index in [1.165, 1.54) is 12.1 Å². The predicted octanol–water partition coefficient (Wildman–Crippen LogP) is 1.62. The number of nitro groups is 1. The number of amides is 1. The zero-order valence-corrected chi connectivity index (χ0v) is 11.9. The van der Waals surface area contributed by atoms with Crippen LogP contribution >= 0.6 is 0 Å². The lowest BCUT2D eigenvalue weighted by Gasteiger charge is -2.29. The quantitative estimate of drug-likeness (QED) is 0.649. The van der Waals surface area contributed by atoms with Gasteiger partial charge in [0.15, 0.2) is 0 Å². The molecule has 2 N–H and O–H groups in total. The van der Waals surface area contributed by atoms with Gasteiger partial charge in [-0.2, -0.15) is 0 Å². The second kappa shape index (κ2) is 6.53. The Morgan fingerprint density at radius 1 is 1.48 bits per heavy atom. The van der Waals surface area contributed by atoms with Gasteiger partial charge in [0.1, 0.15) is 5.56 Å². The van der Waals surface area contributed by atoms with E-state index in [-0.39, 0.29) is 17.2 Å². The van der Waals surface area contributed by atoms with Gasteiger partial charge >= 0.3 is 0 Å². The number of carbonyl (C=O) groups excluding carboxylic acids is 1. The van der Waals surface area contributed by atoms with Crippen LogP contribution in [0.3, 0.4) is 0 Å². The van der Waals surface area contributed by atoms with Gasteiger partial charge in [-0.25, -0.2) is 0 Å². The Bertz CT molecular complexity index is 539. The van der Waals surface area contributed by atoms with Crippen molar-refractivity contribution in [3.63, 3.8) is 0 Å². The Morgan fingerprint density at radius 2 is 2.14 bits per heavy atom. The van der Waals surface area contributed by atoms with E-state index < -0.39 is 11.0 Å². The molecule has 7 nitrogen and oxygen atoms in total. The normalized spacial score (nSPS) is 15.8. The fraction of sp³-hybridized carbons (Fsp3) is 0.500. The summed E-state index contributed by atoms with van der Waals surface area (Å²) < 4.78 is 0. The summed E-state index contributed by atoms with van der Waals surface area (Å²) in [6, 6.07) is 4.47. The Balaban J connectivity index is 2.28. The fourth-order valence-electron chi connectivity index (χ4n) is 2.42. The molecule has 0 spiro atoms. The molecule has 1 heterocycles. The number of anilines is 1. The molecule has 7 heteroatoms. The largest absolute Gasteiger partial charge is 0.393 e. The third-order valence-corrected chi connectivity index (χ3v) is 3.56. The minimum absolute atomic E-state index is 0.0924. The summed E-state index contributed by atoms with van der Waals surface area (Å²) in [6.45, 7) is 3.42. The number of aliphatic hydroxyl groups is 1. The van der Waals surface area contributed by atoms with E-state index in [0.717, 1.165) is 0 Å². The topological polar surface area (TPSA) is 95.7 Å². The van der Waals surface area contributed by atoms with Crippen molar-refractivity contribution in [2.45, 2.75) is 25.9 Å². The molecule has 0 radical (unpaired) electrons. The van der Waals surface area contributed by atoms with Crippen molar-refractivity contribution in [2.24, 2.45) is 0 Å². The molecule has 2 rings (SSSR count). The molecule has 0 aromatic heterocycles. The lowest BCUT2D eigenvalue weighted by atomic mass is 10.1. The maximum absolute atomic E-state index is 12.5. The van der Waals surface area contributed by atoms with E-state index in [1.54, 1.807) is 11.0 Å². The van der Waals surface area contributed by atoms with E-state index in [2.05, 4.69) is 5.32 Å². The summed E-state index contributed by atoms with van der Waals surface area (Å²) in [5.74, 6) is -0.353. The maximum Gasteiger partial charge on any atom is 0.282 e. The first-order valence-electron chi connectivity index (χ1n) is 7.02. The van der Waals surface area contributed by atoms with Crippen molar-refractivity contribution >= 4 is 17.3 Å². The molecular formula is C14H19N3O4. The van der Waals surface area contributed by atoms with Gasteiger partial charge in [0.05, 0.1) is 11.0 Å². The molecule has 0 atom stereocenters. The second-order valence-corrected chi connectivity index (χ2v) is 5.04. The number of likely N-dealkylation sites (tertiary alicyclic amines) is 1. The number of nitro benzene ring substituents is 1. The molecular weight excluding hydrogens is 274 g/mol. The van der Waals surface area contributed by atoms with E-state index >= 15 is 0 Å². The van der Waals surface area contributed by atoms with Gasteiger partial charge in [-0.15, -0.1) is 0 Å². The number of rotatable bonds is 4. The molecule has 0 aliphatic carbocycles. The molecule has 1 aliphatic heterocycles.